The van der Waals surface area contributed by atoms with Crippen LogP contribution in [0.2, 0.25) is 0 Å². The fourth-order valence-corrected chi connectivity index (χ4v) is 6.69. The molecule has 1 heterocycles. The van der Waals surface area contributed by atoms with E-state index in [0.717, 1.165) is 0 Å². The first-order valence-corrected chi connectivity index (χ1v) is 14.0. The normalized spacial score (nSPS) is 18.1. The summed E-state index contributed by atoms with van der Waals surface area (Å²) in [5.74, 6) is 0.158. The number of dihydropyridines is 1. The van der Waals surface area contributed by atoms with Crippen LogP contribution in [-0.2, 0) is 0 Å². The summed E-state index contributed by atoms with van der Waals surface area (Å²) in [5.41, 5.74) is 7.71. The molecule has 0 saturated carbocycles. The van der Waals surface area contributed by atoms with Crippen molar-refractivity contribution in [3.63, 3.8) is 0 Å². The zero-order chi connectivity index (χ0) is 26.5. The molecule has 0 radical (unpaired) electrons. The summed E-state index contributed by atoms with van der Waals surface area (Å²) >= 11 is 0. The fourth-order valence-electron chi connectivity index (χ4n) is 6.69. The third kappa shape index (κ3) is 3.59. The van der Waals surface area contributed by atoms with Crippen molar-refractivity contribution in [2.75, 3.05) is 0 Å². The van der Waals surface area contributed by atoms with Gasteiger partial charge in [0.15, 0.2) is 0 Å². The van der Waals surface area contributed by atoms with E-state index >= 15 is 0 Å². The predicted molar refractivity (Wildman–Crippen MR) is 172 cm³/mol. The van der Waals surface area contributed by atoms with Crippen LogP contribution in [0.5, 0.6) is 0 Å². The molecule has 0 amide bonds. The van der Waals surface area contributed by atoms with Crippen molar-refractivity contribution in [3.05, 3.63) is 157 Å². The Hall–Kier alpha value is -5.01. The van der Waals surface area contributed by atoms with Gasteiger partial charge in [0.2, 0.25) is 0 Å². The van der Waals surface area contributed by atoms with E-state index in [4.69, 9.17) is 4.99 Å². The van der Waals surface area contributed by atoms with Gasteiger partial charge in [-0.15, -0.1) is 0 Å². The van der Waals surface area contributed by atoms with Gasteiger partial charge < -0.3 is 0 Å². The van der Waals surface area contributed by atoms with E-state index in [9.17, 15) is 0 Å². The second-order valence-corrected chi connectivity index (χ2v) is 10.7. The van der Waals surface area contributed by atoms with Crippen molar-refractivity contribution in [1.29, 1.82) is 0 Å². The Kier molecular flexibility index (Phi) is 5.34. The average Bonchev–Trinajstić information content (AvgIpc) is 3.03. The number of hydrogen-bond donors (Lipinski definition) is 0. The summed E-state index contributed by atoms with van der Waals surface area (Å²) in [6.07, 6.45) is 11.1. The van der Waals surface area contributed by atoms with Crippen molar-refractivity contribution in [1.82, 2.24) is 0 Å². The van der Waals surface area contributed by atoms with Crippen molar-refractivity contribution < 1.29 is 0 Å². The van der Waals surface area contributed by atoms with Gasteiger partial charge in [-0.2, -0.15) is 0 Å². The molecule has 6 aromatic carbocycles. The largest absolute Gasteiger partial charge is 0.284 e. The van der Waals surface area contributed by atoms with Gasteiger partial charge in [0.25, 0.3) is 0 Å². The molecule has 1 nitrogen and oxygen atoms in total. The molecule has 0 spiro atoms. The second-order valence-electron chi connectivity index (χ2n) is 10.7. The maximum atomic E-state index is 5.07. The lowest BCUT2D eigenvalue weighted by Gasteiger charge is -2.33. The van der Waals surface area contributed by atoms with Crippen LogP contribution < -0.4 is 0 Å². The molecular weight excluding hydrogens is 482 g/mol. The third-order valence-corrected chi connectivity index (χ3v) is 8.48. The highest BCUT2D eigenvalue weighted by molar-refractivity contribution is 6.19. The van der Waals surface area contributed by atoms with Crippen LogP contribution in [0.25, 0.3) is 54.6 Å². The van der Waals surface area contributed by atoms with E-state index in [1.54, 1.807) is 0 Å². The van der Waals surface area contributed by atoms with Crippen LogP contribution in [0, 0.1) is 5.92 Å². The topological polar surface area (TPSA) is 12.4 Å². The smallest absolute Gasteiger partial charge is 0.0858 e. The van der Waals surface area contributed by atoms with Crippen molar-refractivity contribution in [2.45, 2.75) is 6.04 Å². The van der Waals surface area contributed by atoms with E-state index in [1.165, 1.54) is 65.7 Å². The van der Waals surface area contributed by atoms with Gasteiger partial charge in [0, 0.05) is 12.1 Å². The number of hydrogen-bond acceptors (Lipinski definition) is 1. The Balaban J connectivity index is 1.40. The number of nitrogens with zero attached hydrogens (tertiary/aromatic N) is 1. The second kappa shape index (κ2) is 9.32. The standard InChI is InChI=1S/C39H27N/c1-2-12-27(13-3-1)37-31-15-6-8-17-33(31)38(34-18-9-7-16-32(34)37)35-23-22-30(39-36(35)19-10-24-40-39)29-21-20-26-11-4-5-14-28(26)25-29/h1-25,36,39H. The maximum absolute atomic E-state index is 5.07. The third-order valence-electron chi connectivity index (χ3n) is 8.48. The molecule has 2 aliphatic rings. The van der Waals surface area contributed by atoms with Gasteiger partial charge in [0.1, 0.15) is 0 Å². The first-order chi connectivity index (χ1) is 19.9. The molecule has 0 aromatic heterocycles. The maximum Gasteiger partial charge on any atom is 0.0858 e. The zero-order valence-corrected chi connectivity index (χ0v) is 22.0. The summed E-state index contributed by atoms with van der Waals surface area (Å²) < 4.78 is 0. The lowest BCUT2D eigenvalue weighted by atomic mass is 9.74. The summed E-state index contributed by atoms with van der Waals surface area (Å²) in [6, 6.07) is 44.0. The number of aliphatic imine (C=N–C) groups is 1. The fraction of sp³-hybridized carbons (Fsp3) is 0.0513. The summed E-state index contributed by atoms with van der Waals surface area (Å²) in [7, 11) is 0. The first kappa shape index (κ1) is 22.9. The molecule has 1 heteroatoms. The number of fused-ring (bicyclic) bond motifs is 4. The SMILES string of the molecule is C1=CC2C(c3c4ccccc4c(-c4ccccc4)c4ccccc34)=CC=C(c3ccc4ccccc4c3)C2N=C1. The monoisotopic (exact) mass is 509 g/mol. The molecule has 0 bridgehead atoms. The van der Waals surface area contributed by atoms with E-state index < -0.39 is 0 Å². The molecule has 2 atom stereocenters. The molecule has 188 valence electrons. The van der Waals surface area contributed by atoms with Gasteiger partial charge in [-0.1, -0.05) is 133 Å². The van der Waals surface area contributed by atoms with Gasteiger partial charge in [0.05, 0.1) is 6.04 Å². The first-order valence-electron chi connectivity index (χ1n) is 14.0. The number of benzene rings is 6. The van der Waals surface area contributed by atoms with Crippen LogP contribution in [-0.4, -0.2) is 12.3 Å². The molecule has 8 rings (SSSR count). The Bertz CT molecular complexity index is 2000. The molecule has 40 heavy (non-hydrogen) atoms. The summed E-state index contributed by atoms with van der Waals surface area (Å²) in [5, 5.41) is 7.67. The number of allylic oxidation sites excluding steroid dienone is 3. The van der Waals surface area contributed by atoms with Gasteiger partial charge in [-0.25, -0.2) is 0 Å². The van der Waals surface area contributed by atoms with Gasteiger partial charge >= 0.3 is 0 Å². The quantitative estimate of drug-likeness (QED) is 0.211. The molecule has 0 fully saturated rings. The Morgan fingerprint density at radius 2 is 1.07 bits per heavy atom. The predicted octanol–water partition coefficient (Wildman–Crippen LogP) is 9.92. The van der Waals surface area contributed by atoms with E-state index in [2.05, 4.69) is 146 Å². The van der Waals surface area contributed by atoms with Crippen molar-refractivity contribution >= 4 is 49.7 Å². The molecule has 1 aliphatic heterocycles. The van der Waals surface area contributed by atoms with E-state index in [0.29, 0.717) is 0 Å². The number of rotatable bonds is 3. The van der Waals surface area contributed by atoms with Gasteiger partial charge in [-0.05, 0) is 77.9 Å². The highest BCUT2D eigenvalue weighted by atomic mass is 14.8. The Morgan fingerprint density at radius 3 is 1.80 bits per heavy atom. The van der Waals surface area contributed by atoms with Gasteiger partial charge in [-0.3, -0.25) is 4.99 Å². The summed E-state index contributed by atoms with van der Waals surface area (Å²) in [4.78, 5) is 5.07. The molecule has 0 N–H and O–H groups in total. The van der Waals surface area contributed by atoms with E-state index in [1.807, 2.05) is 6.21 Å². The molecular formula is C39H27N. The van der Waals surface area contributed by atoms with Crippen LogP contribution in [0.1, 0.15) is 11.1 Å². The minimum atomic E-state index is 0.0393. The highest BCUT2D eigenvalue weighted by Gasteiger charge is 2.32. The van der Waals surface area contributed by atoms with Crippen molar-refractivity contribution in [3.8, 4) is 11.1 Å². The lowest BCUT2D eigenvalue weighted by molar-refractivity contribution is 0.716. The minimum absolute atomic E-state index is 0.0393. The van der Waals surface area contributed by atoms with Crippen LogP contribution in [0.3, 0.4) is 0 Å². The van der Waals surface area contributed by atoms with Crippen LogP contribution in [0.4, 0.5) is 0 Å². The molecule has 0 saturated heterocycles. The lowest BCUT2D eigenvalue weighted by Crippen LogP contribution is -2.25. The van der Waals surface area contributed by atoms with Crippen LogP contribution in [0.15, 0.2) is 151 Å². The van der Waals surface area contributed by atoms with Crippen molar-refractivity contribution in [2.24, 2.45) is 10.9 Å². The molecule has 6 aromatic rings. The molecule has 2 unspecified atom stereocenters. The van der Waals surface area contributed by atoms with E-state index in [-0.39, 0.29) is 12.0 Å². The summed E-state index contributed by atoms with van der Waals surface area (Å²) in [6.45, 7) is 0. The zero-order valence-electron chi connectivity index (χ0n) is 22.0. The molecule has 1 aliphatic carbocycles. The highest BCUT2D eigenvalue weighted by Crippen LogP contribution is 2.47. The Labute approximate surface area is 234 Å². The Morgan fingerprint density at radius 1 is 0.475 bits per heavy atom. The average molecular weight is 510 g/mol. The minimum Gasteiger partial charge on any atom is -0.284 e. The van der Waals surface area contributed by atoms with Crippen LogP contribution >= 0.6 is 0 Å².